The van der Waals surface area contributed by atoms with Crippen molar-refractivity contribution in [3.05, 3.63) is 58.6 Å². The average Bonchev–Trinajstić information content (AvgIpc) is 3.31. The van der Waals surface area contributed by atoms with Crippen LogP contribution in [0.3, 0.4) is 0 Å². The van der Waals surface area contributed by atoms with Crippen LogP contribution in [0.1, 0.15) is 30.3 Å². The highest BCUT2D eigenvalue weighted by molar-refractivity contribution is 6.31. The van der Waals surface area contributed by atoms with Gasteiger partial charge in [-0.2, -0.15) is 13.2 Å². The molecule has 3 aromatic rings. The molecule has 160 valence electrons. The zero-order valence-corrected chi connectivity index (χ0v) is 16.2. The van der Waals surface area contributed by atoms with Gasteiger partial charge in [0.25, 0.3) is 0 Å². The minimum atomic E-state index is -4.56. The van der Waals surface area contributed by atoms with Gasteiger partial charge in [0, 0.05) is 5.69 Å². The quantitative estimate of drug-likeness (QED) is 0.421. The number of carbonyl (C=O) groups is 1. The van der Waals surface area contributed by atoms with Gasteiger partial charge >= 0.3 is 12.2 Å². The zero-order valence-electron chi connectivity index (χ0n) is 15.5. The standard InChI is InChI=1S/C11H12FN3.C8H6ClF3N2O/c12-7-3-4-8-10(6-7)15-11(14-8)9-2-1-5-13-9;9-6-2-1-4(14-7(13)15)3-5(6)8(10,11)12/h3-4,6,9,13H,1-2,5H2,(H,14,15);1-3H,(H3,13,14,15)/t9-;/m0./s1. The van der Waals surface area contributed by atoms with E-state index in [4.69, 9.17) is 17.3 Å². The molecule has 1 aromatic heterocycles. The van der Waals surface area contributed by atoms with Crippen molar-refractivity contribution in [2.45, 2.75) is 25.1 Å². The van der Waals surface area contributed by atoms with Crippen molar-refractivity contribution in [2.24, 2.45) is 5.73 Å². The molecule has 2 aromatic carbocycles. The third kappa shape index (κ3) is 5.39. The second-order valence-electron chi connectivity index (χ2n) is 6.61. The van der Waals surface area contributed by atoms with Gasteiger partial charge in [-0.15, -0.1) is 0 Å². The molecule has 0 bridgehead atoms. The van der Waals surface area contributed by atoms with Gasteiger partial charge < -0.3 is 21.4 Å². The number of primary amides is 1. The molecule has 1 fully saturated rings. The Kier molecular flexibility index (Phi) is 6.47. The molecule has 0 saturated carbocycles. The maximum atomic E-state index is 13.0. The fourth-order valence-electron chi connectivity index (χ4n) is 3.05. The molecule has 1 aliphatic rings. The van der Waals surface area contributed by atoms with Crippen LogP contribution >= 0.6 is 11.6 Å². The zero-order chi connectivity index (χ0) is 21.9. The van der Waals surface area contributed by atoms with Gasteiger partial charge in [0.15, 0.2) is 0 Å². The monoisotopic (exact) mass is 443 g/mol. The van der Waals surface area contributed by atoms with Crippen LogP contribution in [-0.4, -0.2) is 22.5 Å². The second kappa shape index (κ2) is 8.88. The van der Waals surface area contributed by atoms with E-state index in [1.165, 1.54) is 24.6 Å². The van der Waals surface area contributed by atoms with E-state index in [0.717, 1.165) is 35.9 Å². The molecule has 4 rings (SSSR count). The molecular weight excluding hydrogens is 426 g/mol. The number of fused-ring (bicyclic) bond motifs is 1. The Labute approximate surface area is 173 Å². The topological polar surface area (TPSA) is 95.8 Å². The summed E-state index contributed by atoms with van der Waals surface area (Å²) < 4.78 is 50.0. The molecule has 30 heavy (non-hydrogen) atoms. The van der Waals surface area contributed by atoms with E-state index in [-0.39, 0.29) is 11.5 Å². The highest BCUT2D eigenvalue weighted by Gasteiger charge is 2.33. The highest BCUT2D eigenvalue weighted by Crippen LogP contribution is 2.36. The summed E-state index contributed by atoms with van der Waals surface area (Å²) in [5, 5.41) is 4.95. The number of H-pyrrole nitrogens is 1. The molecule has 11 heteroatoms. The van der Waals surface area contributed by atoms with Crippen LogP contribution < -0.4 is 16.4 Å². The summed E-state index contributed by atoms with van der Waals surface area (Å²) >= 11 is 5.35. The van der Waals surface area contributed by atoms with E-state index in [9.17, 15) is 22.4 Å². The van der Waals surface area contributed by atoms with Crippen molar-refractivity contribution in [1.29, 1.82) is 0 Å². The van der Waals surface area contributed by atoms with Gasteiger partial charge in [-0.3, -0.25) is 0 Å². The summed E-state index contributed by atoms with van der Waals surface area (Å²) in [5.41, 5.74) is 5.29. The van der Waals surface area contributed by atoms with Crippen LogP contribution in [0.5, 0.6) is 0 Å². The number of hydrogen-bond donors (Lipinski definition) is 4. The van der Waals surface area contributed by atoms with Crippen LogP contribution in [0, 0.1) is 5.82 Å². The molecule has 1 saturated heterocycles. The molecule has 6 nitrogen and oxygen atoms in total. The van der Waals surface area contributed by atoms with Crippen molar-refractivity contribution in [1.82, 2.24) is 15.3 Å². The van der Waals surface area contributed by atoms with Gasteiger partial charge in [-0.1, -0.05) is 11.6 Å². The fraction of sp³-hybridized carbons (Fsp3) is 0.263. The Bertz CT molecular complexity index is 1050. The maximum absolute atomic E-state index is 13.0. The maximum Gasteiger partial charge on any atom is 0.417 e. The number of halogens is 5. The van der Waals surface area contributed by atoms with E-state index < -0.39 is 22.8 Å². The lowest BCUT2D eigenvalue weighted by Gasteiger charge is -2.10. The Morgan fingerprint density at radius 2 is 2.00 bits per heavy atom. The third-order valence-corrected chi connectivity index (χ3v) is 4.72. The SMILES string of the molecule is Fc1ccc2nc([C@@H]3CCCN3)[nH]c2c1.NC(=O)Nc1ccc(Cl)c(C(F)(F)F)c1. The fourth-order valence-corrected chi connectivity index (χ4v) is 3.27. The van der Waals surface area contributed by atoms with Crippen LogP contribution in [0.15, 0.2) is 36.4 Å². The van der Waals surface area contributed by atoms with Crippen molar-refractivity contribution >= 4 is 34.4 Å². The van der Waals surface area contributed by atoms with Gasteiger partial charge in [0.2, 0.25) is 0 Å². The number of nitrogens with zero attached hydrogens (tertiary/aromatic N) is 1. The Morgan fingerprint density at radius 3 is 2.63 bits per heavy atom. The van der Waals surface area contributed by atoms with Gasteiger partial charge in [-0.05, 0) is 55.8 Å². The van der Waals surface area contributed by atoms with Crippen LogP contribution in [0.2, 0.25) is 5.02 Å². The molecule has 0 aliphatic carbocycles. The number of hydrogen-bond acceptors (Lipinski definition) is 3. The van der Waals surface area contributed by atoms with Crippen molar-refractivity contribution in [2.75, 3.05) is 11.9 Å². The first-order valence-corrected chi connectivity index (χ1v) is 9.33. The molecule has 1 atom stereocenters. The first-order chi connectivity index (χ1) is 14.1. The number of carbonyl (C=O) groups excluding carboxylic acids is 1. The smallest absolute Gasteiger partial charge is 0.351 e. The Hall–Kier alpha value is -2.85. The van der Waals surface area contributed by atoms with E-state index in [0.29, 0.717) is 12.1 Å². The molecule has 2 heterocycles. The summed E-state index contributed by atoms with van der Waals surface area (Å²) in [7, 11) is 0. The molecule has 1 aliphatic heterocycles. The van der Waals surface area contributed by atoms with E-state index in [2.05, 4.69) is 15.3 Å². The highest BCUT2D eigenvalue weighted by atomic mass is 35.5. The van der Waals surface area contributed by atoms with E-state index in [1.807, 2.05) is 5.32 Å². The first-order valence-electron chi connectivity index (χ1n) is 8.95. The average molecular weight is 444 g/mol. The number of amides is 2. The number of nitrogens with one attached hydrogen (secondary N) is 3. The lowest BCUT2D eigenvalue weighted by atomic mass is 10.2. The summed E-state index contributed by atoms with van der Waals surface area (Å²) in [6.07, 6.45) is -2.29. The lowest BCUT2D eigenvalue weighted by molar-refractivity contribution is -0.137. The predicted molar refractivity (Wildman–Crippen MR) is 106 cm³/mol. The largest absolute Gasteiger partial charge is 0.417 e. The molecular formula is C19H18ClF4N5O. The number of benzene rings is 2. The number of alkyl halides is 3. The number of urea groups is 1. The summed E-state index contributed by atoms with van der Waals surface area (Å²) in [5.74, 6) is 0.699. The molecule has 5 N–H and O–H groups in total. The molecule has 0 radical (unpaired) electrons. The third-order valence-electron chi connectivity index (χ3n) is 4.39. The van der Waals surface area contributed by atoms with Crippen LogP contribution in [0.4, 0.5) is 28.0 Å². The van der Waals surface area contributed by atoms with Crippen molar-refractivity contribution < 1.29 is 22.4 Å². The predicted octanol–water partition coefficient (Wildman–Crippen LogP) is 4.98. The van der Waals surface area contributed by atoms with E-state index in [1.54, 1.807) is 6.07 Å². The van der Waals surface area contributed by atoms with Gasteiger partial charge in [0.1, 0.15) is 11.6 Å². The summed E-state index contributed by atoms with van der Waals surface area (Å²) in [6.45, 7) is 1.04. The molecule has 0 spiro atoms. The van der Waals surface area contributed by atoms with Gasteiger partial charge in [0.05, 0.1) is 27.7 Å². The number of imidazole rings is 1. The number of nitrogens with two attached hydrogens (primary N) is 1. The number of anilines is 1. The first kappa shape index (κ1) is 21.8. The summed E-state index contributed by atoms with van der Waals surface area (Å²) in [4.78, 5) is 18.0. The van der Waals surface area contributed by atoms with Crippen LogP contribution in [0.25, 0.3) is 11.0 Å². The molecule has 2 amide bonds. The minimum absolute atomic E-state index is 0.0563. The van der Waals surface area contributed by atoms with E-state index >= 15 is 0 Å². The second-order valence-corrected chi connectivity index (χ2v) is 7.02. The van der Waals surface area contributed by atoms with Crippen molar-refractivity contribution in [3.63, 3.8) is 0 Å². The number of aromatic amines is 1. The van der Waals surface area contributed by atoms with Crippen molar-refractivity contribution in [3.8, 4) is 0 Å². The normalized spacial score (nSPS) is 16.2. The lowest BCUT2D eigenvalue weighted by Crippen LogP contribution is -2.19. The Balaban J connectivity index is 0.000000171. The summed E-state index contributed by atoms with van der Waals surface area (Å²) in [6, 6.07) is 6.98. The van der Waals surface area contributed by atoms with Crippen LogP contribution in [-0.2, 0) is 6.18 Å². The minimum Gasteiger partial charge on any atom is -0.351 e. The van der Waals surface area contributed by atoms with Gasteiger partial charge in [-0.25, -0.2) is 14.2 Å². The Morgan fingerprint density at radius 1 is 1.23 bits per heavy atom. The number of rotatable bonds is 2. The molecule has 0 unspecified atom stereocenters. The number of aromatic nitrogens is 2.